The van der Waals surface area contributed by atoms with Crippen molar-refractivity contribution in [3.63, 3.8) is 0 Å². The Morgan fingerprint density at radius 1 is 0.939 bits per heavy atom. The van der Waals surface area contributed by atoms with E-state index in [0.29, 0.717) is 25.7 Å². The van der Waals surface area contributed by atoms with E-state index in [2.05, 4.69) is 10.0 Å². The van der Waals surface area contributed by atoms with Crippen molar-refractivity contribution in [3.05, 3.63) is 60.2 Å². The van der Waals surface area contributed by atoms with E-state index in [9.17, 15) is 18.0 Å². The molecule has 2 aromatic carbocycles. The van der Waals surface area contributed by atoms with Gasteiger partial charge in [-0.2, -0.15) is 4.72 Å². The zero-order valence-corrected chi connectivity index (χ0v) is 20.1. The Morgan fingerprint density at radius 2 is 1.58 bits per heavy atom. The molecule has 0 aliphatic carbocycles. The Bertz CT molecular complexity index is 1020. The number of sulfonamides is 1. The zero-order valence-electron chi connectivity index (χ0n) is 19.3. The predicted octanol–water partition coefficient (Wildman–Crippen LogP) is 3.73. The van der Waals surface area contributed by atoms with Gasteiger partial charge < -0.3 is 5.32 Å². The summed E-state index contributed by atoms with van der Waals surface area (Å²) in [5.74, 6) is -0.933. The van der Waals surface area contributed by atoms with Gasteiger partial charge in [0.2, 0.25) is 15.9 Å². The van der Waals surface area contributed by atoms with Crippen molar-refractivity contribution < 1.29 is 23.2 Å². The van der Waals surface area contributed by atoms with Crippen LogP contribution in [0.25, 0.3) is 0 Å². The maximum atomic E-state index is 12.8. The summed E-state index contributed by atoms with van der Waals surface area (Å²) in [6, 6.07) is 14.5. The summed E-state index contributed by atoms with van der Waals surface area (Å²) < 4.78 is 27.9. The normalized spacial score (nSPS) is 12.7. The molecule has 0 heterocycles. The number of carbonyl (C=O) groups excluding carboxylic acids is 2. The minimum absolute atomic E-state index is 0.0452. The lowest BCUT2D eigenvalue weighted by Gasteiger charge is -2.20. The molecule has 0 saturated carbocycles. The fourth-order valence-corrected chi connectivity index (χ4v) is 4.50. The number of nitrogens with one attached hydrogen (secondary N) is 3. The van der Waals surface area contributed by atoms with Gasteiger partial charge in [0.1, 0.15) is 6.04 Å². The summed E-state index contributed by atoms with van der Waals surface area (Å²) in [6.07, 6.45) is 2.22. The Balaban J connectivity index is 1.87. The van der Waals surface area contributed by atoms with Crippen molar-refractivity contribution in [1.82, 2.24) is 10.2 Å². The summed E-state index contributed by atoms with van der Waals surface area (Å²) in [6.45, 7) is 6.09. The molecule has 0 aromatic heterocycles. The van der Waals surface area contributed by atoms with Crippen molar-refractivity contribution in [2.75, 3.05) is 5.32 Å². The molecule has 2 amide bonds. The summed E-state index contributed by atoms with van der Waals surface area (Å²) in [5.41, 5.74) is 3.12. The summed E-state index contributed by atoms with van der Waals surface area (Å²) in [5, 5.41) is 11.8. The molecule has 0 spiro atoms. The second-order valence-corrected chi connectivity index (χ2v) is 10.7. The number of hydrogen-bond acceptors (Lipinski definition) is 5. The Kier molecular flexibility index (Phi) is 9.57. The van der Waals surface area contributed by atoms with Crippen LogP contribution in [0.1, 0.15) is 58.4 Å². The fourth-order valence-electron chi connectivity index (χ4n) is 3.27. The standard InChI is InChI=1S/C24H33N3O5S/c1-24(2,3)18-14-16-20(17-15-18)33(31,32)27-21(23(29)26-30)12-8-5-9-13-22(28)25-19-10-6-4-7-11-19/h4,6-7,10-11,14-17,21,27,30H,5,8-9,12-13H2,1-3H3,(H,25,28)(H,26,29)/t21-/m0/s1. The monoisotopic (exact) mass is 475 g/mol. The predicted molar refractivity (Wildman–Crippen MR) is 127 cm³/mol. The Labute approximate surface area is 195 Å². The van der Waals surface area contributed by atoms with E-state index >= 15 is 0 Å². The Morgan fingerprint density at radius 3 is 2.15 bits per heavy atom. The van der Waals surface area contributed by atoms with Crippen molar-refractivity contribution in [3.8, 4) is 0 Å². The molecule has 0 bridgehead atoms. The van der Waals surface area contributed by atoms with Crippen molar-refractivity contribution in [2.45, 2.75) is 69.2 Å². The van der Waals surface area contributed by atoms with Crippen LogP contribution < -0.4 is 15.5 Å². The highest BCUT2D eigenvalue weighted by molar-refractivity contribution is 7.89. The minimum Gasteiger partial charge on any atom is -0.326 e. The zero-order chi connectivity index (χ0) is 24.5. The first-order chi connectivity index (χ1) is 15.5. The molecular weight excluding hydrogens is 442 g/mol. The third-order valence-electron chi connectivity index (χ3n) is 5.21. The molecule has 9 heteroatoms. The number of para-hydroxylation sites is 1. The molecule has 0 aliphatic heterocycles. The molecule has 0 unspecified atom stereocenters. The lowest BCUT2D eigenvalue weighted by molar-refractivity contribution is -0.131. The van der Waals surface area contributed by atoms with Gasteiger partial charge in [-0.05, 0) is 48.1 Å². The van der Waals surface area contributed by atoms with Crippen LogP contribution in [0, 0.1) is 0 Å². The second-order valence-electron chi connectivity index (χ2n) is 8.94. The van der Waals surface area contributed by atoms with Crippen LogP contribution in [-0.4, -0.2) is 31.5 Å². The summed E-state index contributed by atoms with van der Waals surface area (Å²) in [4.78, 5) is 24.1. The summed E-state index contributed by atoms with van der Waals surface area (Å²) >= 11 is 0. The van der Waals surface area contributed by atoms with E-state index in [-0.39, 0.29) is 22.6 Å². The number of unbranched alkanes of at least 4 members (excludes halogenated alkanes) is 2. The molecule has 4 N–H and O–H groups in total. The van der Waals surface area contributed by atoms with Gasteiger partial charge in [0.25, 0.3) is 5.91 Å². The number of anilines is 1. The number of benzene rings is 2. The first-order valence-corrected chi connectivity index (χ1v) is 12.4. The van der Waals surface area contributed by atoms with E-state index in [4.69, 9.17) is 5.21 Å². The van der Waals surface area contributed by atoms with E-state index < -0.39 is 22.0 Å². The maximum Gasteiger partial charge on any atom is 0.261 e. The number of carbonyl (C=O) groups is 2. The molecule has 180 valence electrons. The lowest BCUT2D eigenvalue weighted by Crippen LogP contribution is -2.45. The van der Waals surface area contributed by atoms with E-state index in [1.807, 2.05) is 39.0 Å². The molecule has 2 rings (SSSR count). The van der Waals surface area contributed by atoms with E-state index in [1.165, 1.54) is 17.6 Å². The SMILES string of the molecule is CC(C)(C)c1ccc(S(=O)(=O)N[C@@H](CCCCCC(=O)Nc2ccccc2)C(=O)NO)cc1. The molecule has 33 heavy (non-hydrogen) atoms. The van der Waals surface area contributed by atoms with Gasteiger partial charge in [-0.25, -0.2) is 13.9 Å². The molecule has 0 aliphatic rings. The maximum absolute atomic E-state index is 12.8. The smallest absolute Gasteiger partial charge is 0.261 e. The molecular formula is C24H33N3O5S. The van der Waals surface area contributed by atoms with Crippen molar-refractivity contribution in [2.24, 2.45) is 0 Å². The number of hydroxylamine groups is 1. The van der Waals surface area contributed by atoms with Gasteiger partial charge in [0.05, 0.1) is 4.90 Å². The van der Waals surface area contributed by atoms with E-state index in [1.54, 1.807) is 24.3 Å². The van der Waals surface area contributed by atoms with Gasteiger partial charge in [-0.1, -0.05) is 63.9 Å². The van der Waals surface area contributed by atoms with Gasteiger partial charge in [0.15, 0.2) is 0 Å². The van der Waals surface area contributed by atoms with Crippen LogP contribution in [0.4, 0.5) is 5.69 Å². The average Bonchev–Trinajstić information content (AvgIpc) is 2.77. The molecule has 2 aromatic rings. The van der Waals surface area contributed by atoms with Gasteiger partial charge in [0, 0.05) is 12.1 Å². The highest BCUT2D eigenvalue weighted by Crippen LogP contribution is 2.23. The fraction of sp³-hybridized carbons (Fsp3) is 0.417. The van der Waals surface area contributed by atoms with Crippen LogP contribution in [0.2, 0.25) is 0 Å². The lowest BCUT2D eigenvalue weighted by atomic mass is 9.87. The third-order valence-corrected chi connectivity index (χ3v) is 6.70. The third kappa shape index (κ3) is 8.60. The van der Waals surface area contributed by atoms with Crippen LogP contribution in [0.3, 0.4) is 0 Å². The molecule has 1 atom stereocenters. The van der Waals surface area contributed by atoms with Gasteiger partial charge in [-0.15, -0.1) is 0 Å². The molecule has 0 fully saturated rings. The minimum atomic E-state index is -3.95. The quantitative estimate of drug-likeness (QED) is 0.224. The first kappa shape index (κ1) is 26.5. The van der Waals surface area contributed by atoms with Crippen LogP contribution in [-0.2, 0) is 25.0 Å². The number of amides is 2. The van der Waals surface area contributed by atoms with Crippen LogP contribution in [0.15, 0.2) is 59.5 Å². The highest BCUT2D eigenvalue weighted by Gasteiger charge is 2.25. The van der Waals surface area contributed by atoms with E-state index in [0.717, 1.165) is 11.3 Å². The highest BCUT2D eigenvalue weighted by atomic mass is 32.2. The second kappa shape index (κ2) is 11.9. The largest absolute Gasteiger partial charge is 0.326 e. The van der Waals surface area contributed by atoms with Gasteiger partial charge >= 0.3 is 0 Å². The number of hydrogen-bond donors (Lipinski definition) is 4. The van der Waals surface area contributed by atoms with Crippen LogP contribution >= 0.6 is 0 Å². The molecule has 8 nitrogen and oxygen atoms in total. The average molecular weight is 476 g/mol. The van der Waals surface area contributed by atoms with Crippen molar-refractivity contribution >= 4 is 27.5 Å². The topological polar surface area (TPSA) is 125 Å². The Hall–Kier alpha value is -2.75. The molecule has 0 saturated heterocycles. The van der Waals surface area contributed by atoms with Gasteiger partial charge in [-0.3, -0.25) is 14.8 Å². The molecule has 0 radical (unpaired) electrons. The number of rotatable bonds is 11. The van der Waals surface area contributed by atoms with Crippen molar-refractivity contribution in [1.29, 1.82) is 0 Å². The summed E-state index contributed by atoms with van der Waals surface area (Å²) in [7, 11) is -3.95. The first-order valence-electron chi connectivity index (χ1n) is 10.9. The van der Waals surface area contributed by atoms with Crippen LogP contribution in [0.5, 0.6) is 0 Å².